The zero-order valence-electron chi connectivity index (χ0n) is 17.4. The minimum atomic E-state index is -0.572. The molecule has 3 heterocycles. The normalized spacial score (nSPS) is 26.0. The smallest absolute Gasteiger partial charge is 0.243 e. The van der Waals surface area contributed by atoms with Crippen LogP contribution in [0.4, 0.5) is 14.5 Å². The second-order valence-corrected chi connectivity index (χ2v) is 8.35. The number of methoxy groups -OCH3 is 1. The Morgan fingerprint density at radius 1 is 1.16 bits per heavy atom. The van der Waals surface area contributed by atoms with Gasteiger partial charge in [-0.15, -0.1) is 0 Å². The van der Waals surface area contributed by atoms with Gasteiger partial charge < -0.3 is 9.64 Å². The molecule has 3 unspecified atom stereocenters. The lowest BCUT2D eigenvalue weighted by Gasteiger charge is -2.37. The van der Waals surface area contributed by atoms with Crippen LogP contribution in [0.5, 0.6) is 5.75 Å². The number of anilines is 1. The molecule has 9 heteroatoms. The summed E-state index contributed by atoms with van der Waals surface area (Å²) in [5.41, 5.74) is 11.7. The monoisotopic (exact) mass is 429 g/mol. The number of fused-ring (bicyclic) bond motifs is 2. The van der Waals surface area contributed by atoms with Crippen LogP contribution in [0.25, 0.3) is 0 Å². The van der Waals surface area contributed by atoms with E-state index in [2.05, 4.69) is 21.2 Å². The van der Waals surface area contributed by atoms with Crippen LogP contribution in [0, 0.1) is 11.6 Å². The Morgan fingerprint density at radius 2 is 2.00 bits per heavy atom. The molecular weight excluding hydrogens is 404 g/mol. The lowest BCUT2D eigenvalue weighted by atomic mass is 9.89. The molecule has 0 bridgehead atoms. The van der Waals surface area contributed by atoms with E-state index in [0.717, 1.165) is 24.1 Å². The lowest BCUT2D eigenvalue weighted by Crippen LogP contribution is -2.60. The fourth-order valence-electron chi connectivity index (χ4n) is 4.77. The fraction of sp³-hybridized carbons (Fsp3) is 0.409. The van der Waals surface area contributed by atoms with Gasteiger partial charge in [-0.1, -0.05) is 18.2 Å². The van der Waals surface area contributed by atoms with Gasteiger partial charge in [0.2, 0.25) is 5.91 Å². The van der Waals surface area contributed by atoms with E-state index >= 15 is 4.39 Å². The number of ether oxygens (including phenoxy) is 1. The van der Waals surface area contributed by atoms with Crippen LogP contribution in [0.3, 0.4) is 0 Å². The summed E-state index contributed by atoms with van der Waals surface area (Å²) in [6.45, 7) is 1.47. The Labute approximate surface area is 179 Å². The number of nitrogens with zero attached hydrogens (tertiary/aromatic N) is 2. The largest absolute Gasteiger partial charge is 0.494 e. The van der Waals surface area contributed by atoms with Gasteiger partial charge in [-0.3, -0.25) is 10.2 Å². The zero-order valence-corrected chi connectivity index (χ0v) is 17.4. The average Bonchev–Trinajstić information content (AvgIpc) is 3.16. The number of amides is 1. The molecule has 0 aliphatic carbocycles. The number of para-hydroxylation sites is 1. The topological polar surface area (TPSA) is 68.9 Å². The molecular formula is C22H25F2N5O2. The van der Waals surface area contributed by atoms with Gasteiger partial charge in [0, 0.05) is 36.7 Å². The van der Waals surface area contributed by atoms with E-state index in [-0.39, 0.29) is 41.7 Å². The Morgan fingerprint density at radius 3 is 2.81 bits per heavy atom. The lowest BCUT2D eigenvalue weighted by molar-refractivity contribution is -0.121. The summed E-state index contributed by atoms with van der Waals surface area (Å²) in [6.07, 6.45) is 0.951. The van der Waals surface area contributed by atoms with Gasteiger partial charge in [0.05, 0.1) is 19.2 Å². The summed E-state index contributed by atoms with van der Waals surface area (Å²) >= 11 is 0. The minimum Gasteiger partial charge on any atom is -0.494 e. The van der Waals surface area contributed by atoms with Crippen LogP contribution in [0.15, 0.2) is 30.3 Å². The molecule has 0 aromatic heterocycles. The third kappa shape index (κ3) is 3.38. The van der Waals surface area contributed by atoms with Gasteiger partial charge in [0.15, 0.2) is 5.82 Å². The molecule has 2 fully saturated rings. The van der Waals surface area contributed by atoms with Crippen LogP contribution in [0.1, 0.15) is 29.2 Å². The van der Waals surface area contributed by atoms with Crippen molar-refractivity contribution < 1.29 is 18.3 Å². The van der Waals surface area contributed by atoms with E-state index in [0.29, 0.717) is 12.1 Å². The van der Waals surface area contributed by atoms with E-state index in [1.54, 1.807) is 6.07 Å². The van der Waals surface area contributed by atoms with Gasteiger partial charge in [0.25, 0.3) is 0 Å². The predicted octanol–water partition coefficient (Wildman–Crippen LogP) is 1.79. The van der Waals surface area contributed by atoms with Crippen molar-refractivity contribution in [3.05, 3.63) is 58.7 Å². The molecule has 0 radical (unpaired) electrons. The molecule has 0 spiro atoms. The minimum absolute atomic E-state index is 0.0339. The number of hydrogen-bond donors (Lipinski definition) is 3. The summed E-state index contributed by atoms with van der Waals surface area (Å²) in [4.78, 5) is 14.9. The zero-order chi connectivity index (χ0) is 21.7. The van der Waals surface area contributed by atoms with E-state index in [4.69, 9.17) is 4.74 Å². The summed E-state index contributed by atoms with van der Waals surface area (Å²) in [7, 11) is 3.41. The Kier molecular flexibility index (Phi) is 5.13. The molecule has 3 aliphatic rings. The first-order valence-electron chi connectivity index (χ1n) is 10.4. The van der Waals surface area contributed by atoms with Crippen molar-refractivity contribution in [1.29, 1.82) is 0 Å². The first kappa shape index (κ1) is 20.3. The number of nitrogens with one attached hydrogen (secondary N) is 3. The maximum Gasteiger partial charge on any atom is 0.243 e. The maximum absolute atomic E-state index is 15.5. The number of carbonyl (C=O) groups is 1. The number of carbonyl (C=O) groups excluding carboxylic acids is 1. The predicted molar refractivity (Wildman–Crippen MR) is 111 cm³/mol. The first-order chi connectivity index (χ1) is 15.0. The number of benzene rings is 2. The van der Waals surface area contributed by atoms with Crippen molar-refractivity contribution in [1.82, 2.24) is 21.2 Å². The summed E-state index contributed by atoms with van der Waals surface area (Å²) in [5.74, 6) is -0.847. The van der Waals surface area contributed by atoms with Crippen molar-refractivity contribution in [2.24, 2.45) is 0 Å². The highest BCUT2D eigenvalue weighted by Gasteiger charge is 2.46. The van der Waals surface area contributed by atoms with E-state index in [1.165, 1.54) is 24.3 Å². The highest BCUT2D eigenvalue weighted by molar-refractivity contribution is 5.95. The number of hydrogen-bond acceptors (Lipinski definition) is 6. The standard InChI is InChI=1S/C22H25F2N5O2/c1-28-9-8-12-6-7-13(19(24)14(12)11-28)20-21-16(25-26-20)10-18(30)29(27-21)22-15(23)4-3-5-17(22)31-2/h3-7,16,20-21,25-27H,8-11H2,1-2H3. The molecule has 164 valence electrons. The fourth-order valence-corrected chi connectivity index (χ4v) is 4.77. The van der Waals surface area contributed by atoms with Crippen LogP contribution >= 0.6 is 0 Å². The maximum atomic E-state index is 15.5. The Hall–Kier alpha value is -2.59. The molecule has 3 aliphatic heterocycles. The SMILES string of the molecule is COc1cccc(F)c1N1NC2C(CC1=O)NNC2c1ccc2c(c1F)CN(C)CC2. The Bertz CT molecular complexity index is 1030. The average molecular weight is 429 g/mol. The van der Waals surface area contributed by atoms with E-state index < -0.39 is 11.9 Å². The number of hydrazine groups is 2. The van der Waals surface area contributed by atoms with Crippen molar-refractivity contribution in [3.8, 4) is 5.75 Å². The second kappa shape index (κ2) is 7.83. The van der Waals surface area contributed by atoms with Gasteiger partial charge in [0.1, 0.15) is 17.3 Å². The molecule has 7 nitrogen and oxygen atoms in total. The van der Waals surface area contributed by atoms with Crippen LogP contribution in [0.2, 0.25) is 0 Å². The van der Waals surface area contributed by atoms with E-state index in [9.17, 15) is 9.18 Å². The second-order valence-electron chi connectivity index (χ2n) is 8.35. The number of halogens is 2. The number of rotatable bonds is 3. The van der Waals surface area contributed by atoms with E-state index in [1.807, 2.05) is 19.2 Å². The molecule has 3 N–H and O–H groups in total. The van der Waals surface area contributed by atoms with Crippen LogP contribution in [-0.2, 0) is 17.8 Å². The molecule has 3 atom stereocenters. The van der Waals surface area contributed by atoms with Crippen LogP contribution < -0.4 is 26.0 Å². The first-order valence-corrected chi connectivity index (χ1v) is 10.4. The van der Waals surface area contributed by atoms with Crippen LogP contribution in [-0.4, -0.2) is 43.6 Å². The molecule has 5 rings (SSSR count). The summed E-state index contributed by atoms with van der Waals surface area (Å²) in [6, 6.07) is 7.14. The molecule has 0 saturated carbocycles. The molecule has 2 saturated heterocycles. The van der Waals surface area contributed by atoms with Gasteiger partial charge in [-0.2, -0.15) is 0 Å². The van der Waals surface area contributed by atoms with Crippen molar-refractivity contribution in [2.45, 2.75) is 37.5 Å². The van der Waals surface area contributed by atoms with Crippen molar-refractivity contribution in [2.75, 3.05) is 25.7 Å². The van der Waals surface area contributed by atoms with Crippen molar-refractivity contribution >= 4 is 11.6 Å². The number of likely N-dealkylation sites (N-methyl/N-ethyl adjacent to an activating group) is 1. The highest BCUT2D eigenvalue weighted by atomic mass is 19.1. The molecule has 31 heavy (non-hydrogen) atoms. The summed E-state index contributed by atoms with van der Waals surface area (Å²) in [5, 5.41) is 1.20. The third-order valence-corrected chi connectivity index (χ3v) is 6.43. The molecule has 2 aromatic rings. The third-order valence-electron chi connectivity index (χ3n) is 6.43. The summed E-state index contributed by atoms with van der Waals surface area (Å²) < 4.78 is 35.4. The molecule has 2 aromatic carbocycles. The van der Waals surface area contributed by atoms with Crippen molar-refractivity contribution in [3.63, 3.8) is 0 Å². The van der Waals surface area contributed by atoms with Gasteiger partial charge in [-0.25, -0.2) is 24.6 Å². The molecule has 1 amide bonds. The highest BCUT2D eigenvalue weighted by Crippen LogP contribution is 2.36. The van der Waals surface area contributed by atoms with Gasteiger partial charge in [-0.05, 0) is 31.2 Å². The van der Waals surface area contributed by atoms with Gasteiger partial charge >= 0.3 is 0 Å². The quantitative estimate of drug-likeness (QED) is 0.691. The Balaban J connectivity index is 1.49.